The average molecular weight is 173 g/mol. The Morgan fingerprint density at radius 2 is 2.73 bits per heavy atom. The Bertz CT molecular complexity index is 224. The number of nitrogens with one attached hydrogen (secondary N) is 1. The number of carbonyl (C=O) groups is 1. The molecule has 1 heterocycles. The van der Waals surface area contributed by atoms with E-state index >= 15 is 0 Å². The molecule has 60 valence electrons. The lowest BCUT2D eigenvalue weighted by Crippen LogP contribution is -2.23. The first-order valence-electron chi connectivity index (χ1n) is 3.03. The molecule has 11 heavy (non-hydrogen) atoms. The number of hydroxylamine groups is 1. The fraction of sp³-hybridized carbons (Fsp3) is 0.400. The minimum atomic E-state index is -0.361. The van der Waals surface area contributed by atoms with E-state index in [4.69, 9.17) is 0 Å². The lowest BCUT2D eigenvalue weighted by atomic mass is 10.5. The van der Waals surface area contributed by atoms with Gasteiger partial charge in [0.1, 0.15) is 0 Å². The highest BCUT2D eigenvalue weighted by atomic mass is 32.1. The zero-order valence-corrected chi connectivity index (χ0v) is 6.72. The van der Waals surface area contributed by atoms with Gasteiger partial charge >= 0.3 is 0 Å². The smallest absolute Gasteiger partial charge is 0.274 e. The Morgan fingerprint density at radius 1 is 1.91 bits per heavy atom. The van der Waals surface area contributed by atoms with E-state index in [0.29, 0.717) is 6.61 Å². The molecule has 0 bridgehead atoms. The van der Waals surface area contributed by atoms with Crippen LogP contribution in [0.15, 0.2) is 5.38 Å². The predicted octanol–water partition coefficient (Wildman–Crippen LogP) is 0.219. The van der Waals surface area contributed by atoms with Gasteiger partial charge in [-0.2, -0.15) is 0 Å². The first kappa shape index (κ1) is 8.09. The third kappa shape index (κ3) is 2.24. The molecule has 1 rings (SSSR count). The molecule has 0 aliphatic heterocycles. The van der Waals surface area contributed by atoms with Crippen LogP contribution in [0.5, 0.6) is 0 Å². The zero-order valence-electron chi connectivity index (χ0n) is 5.90. The van der Waals surface area contributed by atoms with Gasteiger partial charge in [0.2, 0.25) is 0 Å². The van der Waals surface area contributed by atoms with Crippen molar-refractivity contribution in [2.75, 3.05) is 6.61 Å². The standard InChI is InChI=1S/C5H7N3O2S/c1-2-10-7-5(9)4-3-11-8-6-4/h3H,2H2,1H3,(H,7,9). The van der Waals surface area contributed by atoms with Crippen LogP contribution in [0.4, 0.5) is 0 Å². The maximum atomic E-state index is 10.9. The summed E-state index contributed by atoms with van der Waals surface area (Å²) in [5, 5.41) is 5.10. The van der Waals surface area contributed by atoms with E-state index in [1.807, 2.05) is 0 Å². The Hall–Kier alpha value is -1.01. The summed E-state index contributed by atoms with van der Waals surface area (Å²) in [4.78, 5) is 15.6. The first-order chi connectivity index (χ1) is 5.34. The van der Waals surface area contributed by atoms with Gasteiger partial charge in [0, 0.05) is 5.38 Å². The molecule has 1 aromatic heterocycles. The molecule has 1 amide bonds. The van der Waals surface area contributed by atoms with Gasteiger partial charge < -0.3 is 0 Å². The van der Waals surface area contributed by atoms with Crippen LogP contribution in [0.25, 0.3) is 0 Å². The maximum absolute atomic E-state index is 10.9. The van der Waals surface area contributed by atoms with Crippen LogP contribution in [-0.2, 0) is 4.84 Å². The minimum absolute atomic E-state index is 0.281. The lowest BCUT2D eigenvalue weighted by molar-refractivity contribution is 0.0360. The average Bonchev–Trinajstić information content (AvgIpc) is 2.52. The molecule has 0 spiro atoms. The van der Waals surface area contributed by atoms with Crippen molar-refractivity contribution >= 4 is 17.4 Å². The fourth-order valence-corrected chi connectivity index (χ4v) is 0.890. The second-order valence-corrected chi connectivity index (χ2v) is 2.26. The summed E-state index contributed by atoms with van der Waals surface area (Å²) in [6, 6.07) is 0. The van der Waals surface area contributed by atoms with Crippen molar-refractivity contribution in [3.05, 3.63) is 11.1 Å². The summed E-state index contributed by atoms with van der Waals surface area (Å²) >= 11 is 1.12. The van der Waals surface area contributed by atoms with E-state index in [1.54, 1.807) is 12.3 Å². The summed E-state index contributed by atoms with van der Waals surface area (Å²) in [7, 11) is 0. The van der Waals surface area contributed by atoms with Gasteiger partial charge in [0.05, 0.1) is 6.61 Å². The molecule has 6 heteroatoms. The fourth-order valence-electron chi connectivity index (χ4n) is 0.454. The molecule has 0 saturated heterocycles. The molecule has 1 N–H and O–H groups in total. The lowest BCUT2D eigenvalue weighted by Gasteiger charge is -1.98. The normalized spacial score (nSPS) is 9.55. The number of amides is 1. The van der Waals surface area contributed by atoms with E-state index in [0.717, 1.165) is 11.5 Å². The third-order valence-electron chi connectivity index (χ3n) is 0.902. The maximum Gasteiger partial charge on any atom is 0.296 e. The van der Waals surface area contributed by atoms with Crippen LogP contribution >= 0.6 is 11.5 Å². The SMILES string of the molecule is CCONC(=O)c1csnn1. The molecule has 1 aromatic rings. The summed E-state index contributed by atoms with van der Waals surface area (Å²) in [6.07, 6.45) is 0. The predicted molar refractivity (Wildman–Crippen MR) is 39.0 cm³/mol. The Labute approximate surface area is 67.5 Å². The molecule has 0 unspecified atom stereocenters. The van der Waals surface area contributed by atoms with Crippen LogP contribution in [0.2, 0.25) is 0 Å². The number of nitrogens with zero attached hydrogens (tertiary/aromatic N) is 2. The monoisotopic (exact) mass is 173 g/mol. The summed E-state index contributed by atoms with van der Waals surface area (Å²) in [5.41, 5.74) is 2.48. The molecule has 0 aromatic carbocycles. The van der Waals surface area contributed by atoms with Crippen molar-refractivity contribution in [1.82, 2.24) is 15.1 Å². The molecule has 0 fully saturated rings. The highest BCUT2D eigenvalue weighted by molar-refractivity contribution is 7.03. The highest BCUT2D eigenvalue weighted by Crippen LogP contribution is 1.95. The molecule has 0 radical (unpaired) electrons. The van der Waals surface area contributed by atoms with E-state index < -0.39 is 0 Å². The van der Waals surface area contributed by atoms with E-state index in [-0.39, 0.29) is 11.6 Å². The minimum Gasteiger partial charge on any atom is -0.274 e. The largest absolute Gasteiger partial charge is 0.296 e. The number of aromatic nitrogens is 2. The van der Waals surface area contributed by atoms with Crippen LogP contribution in [0, 0.1) is 0 Å². The van der Waals surface area contributed by atoms with Crippen molar-refractivity contribution in [3.63, 3.8) is 0 Å². The summed E-state index contributed by atoms with van der Waals surface area (Å²) in [6.45, 7) is 2.21. The van der Waals surface area contributed by atoms with Crippen LogP contribution < -0.4 is 5.48 Å². The number of rotatable bonds is 3. The molecule has 0 aliphatic carbocycles. The van der Waals surface area contributed by atoms with Crippen LogP contribution in [-0.4, -0.2) is 22.1 Å². The van der Waals surface area contributed by atoms with Gasteiger partial charge in [-0.15, -0.1) is 5.10 Å². The van der Waals surface area contributed by atoms with Crippen molar-refractivity contribution in [1.29, 1.82) is 0 Å². The Balaban J connectivity index is 2.43. The topological polar surface area (TPSA) is 64.1 Å². The van der Waals surface area contributed by atoms with Crippen LogP contribution in [0.3, 0.4) is 0 Å². The second-order valence-electron chi connectivity index (χ2n) is 1.65. The molecular formula is C5H7N3O2S. The third-order valence-corrected chi connectivity index (χ3v) is 1.41. The Morgan fingerprint density at radius 3 is 3.27 bits per heavy atom. The van der Waals surface area contributed by atoms with Crippen molar-refractivity contribution in [2.45, 2.75) is 6.92 Å². The van der Waals surface area contributed by atoms with Crippen molar-refractivity contribution in [2.24, 2.45) is 0 Å². The van der Waals surface area contributed by atoms with E-state index in [1.165, 1.54) is 0 Å². The summed E-state index contributed by atoms with van der Waals surface area (Å²) in [5.74, 6) is -0.361. The molecule has 0 atom stereocenters. The molecular weight excluding hydrogens is 166 g/mol. The first-order valence-corrected chi connectivity index (χ1v) is 3.87. The molecule has 5 nitrogen and oxygen atoms in total. The van der Waals surface area contributed by atoms with Gasteiger partial charge in [-0.1, -0.05) is 4.49 Å². The van der Waals surface area contributed by atoms with Gasteiger partial charge in [0.25, 0.3) is 5.91 Å². The van der Waals surface area contributed by atoms with E-state index in [9.17, 15) is 4.79 Å². The van der Waals surface area contributed by atoms with Gasteiger partial charge in [-0.25, -0.2) is 5.48 Å². The van der Waals surface area contributed by atoms with Crippen LogP contribution in [0.1, 0.15) is 17.4 Å². The number of hydrogen-bond donors (Lipinski definition) is 1. The highest BCUT2D eigenvalue weighted by Gasteiger charge is 2.06. The second kappa shape index (κ2) is 3.99. The van der Waals surface area contributed by atoms with Gasteiger partial charge in [0.15, 0.2) is 5.69 Å². The summed E-state index contributed by atoms with van der Waals surface area (Å²) < 4.78 is 3.53. The van der Waals surface area contributed by atoms with Gasteiger partial charge in [-0.05, 0) is 18.5 Å². The molecule has 0 saturated carbocycles. The zero-order chi connectivity index (χ0) is 8.10. The van der Waals surface area contributed by atoms with Crippen molar-refractivity contribution in [3.8, 4) is 0 Å². The van der Waals surface area contributed by atoms with E-state index in [2.05, 4.69) is 19.9 Å². The quantitative estimate of drug-likeness (QED) is 0.664. The van der Waals surface area contributed by atoms with Crippen molar-refractivity contribution < 1.29 is 9.63 Å². The number of carbonyl (C=O) groups excluding carboxylic acids is 1. The molecule has 0 aliphatic rings. The van der Waals surface area contributed by atoms with Gasteiger partial charge in [-0.3, -0.25) is 9.63 Å². The Kier molecular flexibility index (Phi) is 2.94. The number of hydrogen-bond acceptors (Lipinski definition) is 5.